The summed E-state index contributed by atoms with van der Waals surface area (Å²) in [6.45, 7) is 2.13. The molecule has 0 aliphatic carbocycles. The second-order valence-electron chi connectivity index (χ2n) is 6.60. The smallest absolute Gasteiger partial charge is 0.273 e. The minimum absolute atomic E-state index is 0.0241. The highest BCUT2D eigenvalue weighted by atomic mass is 16.6. The molecule has 1 N–H and O–H groups in total. The van der Waals surface area contributed by atoms with Crippen molar-refractivity contribution in [2.24, 2.45) is 0 Å². The maximum atomic E-state index is 12.6. The molecule has 1 heterocycles. The second-order valence-corrected chi connectivity index (χ2v) is 6.60. The van der Waals surface area contributed by atoms with Crippen LogP contribution in [0.2, 0.25) is 0 Å². The molecular weight excluding hydrogens is 346 g/mol. The number of amides is 2. The van der Waals surface area contributed by atoms with Gasteiger partial charge in [0.05, 0.1) is 17.5 Å². The molecule has 0 bridgehead atoms. The first-order valence-electron chi connectivity index (χ1n) is 8.85. The molecule has 3 rings (SSSR count). The summed E-state index contributed by atoms with van der Waals surface area (Å²) >= 11 is 0. The average molecular weight is 367 g/mol. The zero-order valence-electron chi connectivity index (χ0n) is 15.1. The third-order valence-electron chi connectivity index (χ3n) is 4.83. The second kappa shape index (κ2) is 7.99. The quantitative estimate of drug-likeness (QED) is 0.649. The number of carbonyl (C=O) groups is 2. The Morgan fingerprint density at radius 2 is 1.96 bits per heavy atom. The number of likely N-dealkylation sites (tertiary alicyclic amines) is 1. The van der Waals surface area contributed by atoms with Crippen LogP contribution in [0.15, 0.2) is 48.5 Å². The van der Waals surface area contributed by atoms with Gasteiger partial charge in [0.25, 0.3) is 11.6 Å². The van der Waals surface area contributed by atoms with Crippen molar-refractivity contribution in [2.45, 2.75) is 25.8 Å². The summed E-state index contributed by atoms with van der Waals surface area (Å²) in [4.78, 5) is 37.2. The predicted molar refractivity (Wildman–Crippen MR) is 100 cm³/mol. The number of rotatable bonds is 5. The first-order valence-corrected chi connectivity index (χ1v) is 8.85. The number of carbonyl (C=O) groups excluding carboxylic acids is 2. The molecule has 2 aromatic carbocycles. The van der Waals surface area contributed by atoms with Crippen LogP contribution in [0.5, 0.6) is 0 Å². The summed E-state index contributed by atoms with van der Waals surface area (Å²) < 4.78 is 0. The third-order valence-corrected chi connectivity index (χ3v) is 4.83. The summed E-state index contributed by atoms with van der Waals surface area (Å²) in [5.74, 6) is -0.654. The molecule has 7 heteroatoms. The molecule has 1 fully saturated rings. The summed E-state index contributed by atoms with van der Waals surface area (Å²) in [5.41, 5.74) is 1.62. The zero-order chi connectivity index (χ0) is 19.4. The Balaban J connectivity index is 1.64. The molecule has 2 aromatic rings. The van der Waals surface area contributed by atoms with E-state index in [0.29, 0.717) is 12.1 Å². The minimum atomic E-state index is -0.522. The normalized spacial score (nSPS) is 16.2. The Morgan fingerprint density at radius 3 is 2.67 bits per heavy atom. The molecule has 1 saturated heterocycles. The Bertz CT molecular complexity index is 867. The molecular formula is C20H21N3O4. The molecule has 0 spiro atoms. The highest BCUT2D eigenvalue weighted by Gasteiger charge is 2.29. The van der Waals surface area contributed by atoms with E-state index < -0.39 is 10.8 Å². The fourth-order valence-corrected chi connectivity index (χ4v) is 3.39. The maximum absolute atomic E-state index is 12.6. The molecule has 2 amide bonds. The molecule has 1 aliphatic rings. The largest absolute Gasteiger partial charge is 0.343 e. The average Bonchev–Trinajstić information content (AvgIpc) is 3.16. The summed E-state index contributed by atoms with van der Waals surface area (Å²) in [6, 6.07) is 14.1. The van der Waals surface area contributed by atoms with Gasteiger partial charge in [0.15, 0.2) is 0 Å². The van der Waals surface area contributed by atoms with Crippen LogP contribution in [-0.2, 0) is 4.79 Å². The van der Waals surface area contributed by atoms with Crippen molar-refractivity contribution >= 4 is 17.5 Å². The predicted octanol–water partition coefficient (Wildman–Crippen LogP) is 3.00. The zero-order valence-corrected chi connectivity index (χ0v) is 15.1. The fraction of sp³-hybridized carbons (Fsp3) is 0.300. The molecule has 0 radical (unpaired) electrons. The van der Waals surface area contributed by atoms with E-state index in [-0.39, 0.29) is 29.7 Å². The Kier molecular flexibility index (Phi) is 5.49. The van der Waals surface area contributed by atoms with Crippen molar-refractivity contribution < 1.29 is 14.5 Å². The highest BCUT2D eigenvalue weighted by Crippen LogP contribution is 2.31. The summed E-state index contributed by atoms with van der Waals surface area (Å²) in [5, 5.41) is 13.6. The van der Waals surface area contributed by atoms with Gasteiger partial charge in [-0.05, 0) is 31.4 Å². The van der Waals surface area contributed by atoms with Gasteiger partial charge in [-0.1, -0.05) is 36.4 Å². The first kappa shape index (κ1) is 18.6. The van der Waals surface area contributed by atoms with E-state index in [1.54, 1.807) is 11.8 Å². The van der Waals surface area contributed by atoms with Crippen molar-refractivity contribution in [1.82, 2.24) is 10.2 Å². The van der Waals surface area contributed by atoms with E-state index in [4.69, 9.17) is 0 Å². The number of nitro groups is 1. The van der Waals surface area contributed by atoms with Crippen LogP contribution >= 0.6 is 0 Å². The van der Waals surface area contributed by atoms with Crippen LogP contribution < -0.4 is 5.32 Å². The van der Waals surface area contributed by atoms with Gasteiger partial charge in [0.2, 0.25) is 5.91 Å². The van der Waals surface area contributed by atoms with Crippen LogP contribution in [0.25, 0.3) is 0 Å². The van der Waals surface area contributed by atoms with Gasteiger partial charge in [0, 0.05) is 23.7 Å². The van der Waals surface area contributed by atoms with E-state index >= 15 is 0 Å². The molecule has 1 atom stereocenters. The number of nitrogens with zero attached hydrogens (tertiary/aromatic N) is 2. The monoisotopic (exact) mass is 367 g/mol. The Hall–Kier alpha value is -3.22. The number of nitrogens with one attached hydrogen (secondary N) is 1. The van der Waals surface area contributed by atoms with Crippen LogP contribution in [0, 0.1) is 17.0 Å². The van der Waals surface area contributed by atoms with Gasteiger partial charge in [-0.3, -0.25) is 19.7 Å². The number of aryl methyl sites for hydroxylation is 1. The van der Waals surface area contributed by atoms with E-state index in [2.05, 4.69) is 5.32 Å². The van der Waals surface area contributed by atoms with E-state index in [1.165, 1.54) is 18.2 Å². The van der Waals surface area contributed by atoms with E-state index in [1.807, 2.05) is 30.3 Å². The molecule has 7 nitrogen and oxygen atoms in total. The summed E-state index contributed by atoms with van der Waals surface area (Å²) in [7, 11) is 0. The minimum Gasteiger partial charge on any atom is -0.343 e. The van der Waals surface area contributed by atoms with Crippen molar-refractivity contribution in [3.05, 3.63) is 75.3 Å². The number of hydrogen-bond donors (Lipinski definition) is 1. The lowest BCUT2D eigenvalue weighted by molar-refractivity contribution is -0.385. The lowest BCUT2D eigenvalue weighted by Gasteiger charge is -2.25. The topological polar surface area (TPSA) is 92.6 Å². The maximum Gasteiger partial charge on any atom is 0.273 e. The summed E-state index contributed by atoms with van der Waals surface area (Å²) in [6.07, 6.45) is 1.82. The molecule has 1 aliphatic heterocycles. The number of hydrogen-bond acceptors (Lipinski definition) is 4. The van der Waals surface area contributed by atoms with Gasteiger partial charge in [-0.2, -0.15) is 0 Å². The molecule has 140 valence electrons. The van der Waals surface area contributed by atoms with Crippen molar-refractivity contribution in [1.29, 1.82) is 0 Å². The highest BCUT2D eigenvalue weighted by molar-refractivity contribution is 5.97. The number of nitro benzene ring substituents is 1. The van der Waals surface area contributed by atoms with E-state index in [9.17, 15) is 19.7 Å². The van der Waals surface area contributed by atoms with Crippen LogP contribution in [0.3, 0.4) is 0 Å². The van der Waals surface area contributed by atoms with Crippen LogP contribution in [0.4, 0.5) is 5.69 Å². The van der Waals surface area contributed by atoms with Gasteiger partial charge >= 0.3 is 0 Å². The van der Waals surface area contributed by atoms with E-state index in [0.717, 1.165) is 18.4 Å². The van der Waals surface area contributed by atoms with Crippen molar-refractivity contribution in [2.75, 3.05) is 13.1 Å². The van der Waals surface area contributed by atoms with Gasteiger partial charge in [0.1, 0.15) is 0 Å². The molecule has 0 saturated carbocycles. The number of benzene rings is 2. The van der Waals surface area contributed by atoms with Crippen molar-refractivity contribution in [3.8, 4) is 0 Å². The lowest BCUT2D eigenvalue weighted by Crippen LogP contribution is -2.39. The molecule has 0 unspecified atom stereocenters. The molecule has 0 aromatic heterocycles. The first-order chi connectivity index (χ1) is 13.0. The van der Waals surface area contributed by atoms with Gasteiger partial charge < -0.3 is 10.2 Å². The van der Waals surface area contributed by atoms with Gasteiger partial charge in [-0.15, -0.1) is 0 Å². The lowest BCUT2D eigenvalue weighted by atomic mass is 10.0. The third kappa shape index (κ3) is 4.13. The van der Waals surface area contributed by atoms with Crippen molar-refractivity contribution in [3.63, 3.8) is 0 Å². The van der Waals surface area contributed by atoms with Crippen LogP contribution in [-0.4, -0.2) is 34.7 Å². The Morgan fingerprint density at radius 1 is 1.22 bits per heavy atom. The standard InChI is InChI=1S/C20H21N3O4/c1-14-9-10-16(12-18(14)23(26)27)20(25)21-13-19(24)22-11-5-8-17(22)15-6-3-2-4-7-15/h2-4,6-7,9-10,12,17H,5,8,11,13H2,1H3,(H,21,25)/t17-/m0/s1. The fourth-order valence-electron chi connectivity index (χ4n) is 3.39. The SMILES string of the molecule is Cc1ccc(C(=O)NCC(=O)N2CCC[C@H]2c2ccccc2)cc1[N+](=O)[O-]. The Labute approximate surface area is 157 Å². The van der Waals surface area contributed by atoms with Gasteiger partial charge in [-0.25, -0.2) is 0 Å². The van der Waals surface area contributed by atoms with Crippen LogP contribution in [0.1, 0.15) is 40.4 Å². The molecule has 27 heavy (non-hydrogen) atoms.